The van der Waals surface area contributed by atoms with Gasteiger partial charge in [0.1, 0.15) is 5.75 Å². The molecule has 5 nitrogen and oxygen atoms in total. The molecule has 3 rings (SSSR count). The van der Waals surface area contributed by atoms with E-state index in [1.54, 1.807) is 12.0 Å². The van der Waals surface area contributed by atoms with E-state index in [4.69, 9.17) is 4.74 Å². The number of carbonyl (C=O) groups is 1. The smallest absolute Gasteiger partial charge is 0.274 e. The summed E-state index contributed by atoms with van der Waals surface area (Å²) in [6.07, 6.45) is 2.38. The molecule has 1 amide bonds. The van der Waals surface area contributed by atoms with Crippen molar-refractivity contribution in [2.45, 2.75) is 51.6 Å². The van der Waals surface area contributed by atoms with Crippen molar-refractivity contribution in [3.63, 3.8) is 0 Å². The lowest BCUT2D eigenvalue weighted by atomic mass is 10.1. The molecule has 1 aromatic carbocycles. The molecular formula is C20H27N3O2. The van der Waals surface area contributed by atoms with Gasteiger partial charge in [-0.1, -0.05) is 12.1 Å². The summed E-state index contributed by atoms with van der Waals surface area (Å²) in [6.45, 7) is 6.92. The van der Waals surface area contributed by atoms with Crippen molar-refractivity contribution < 1.29 is 9.53 Å². The third kappa shape index (κ3) is 3.86. The highest BCUT2D eigenvalue weighted by Crippen LogP contribution is 2.41. The van der Waals surface area contributed by atoms with Crippen molar-refractivity contribution in [3.8, 4) is 5.75 Å². The maximum Gasteiger partial charge on any atom is 0.274 e. The Kier molecular flexibility index (Phi) is 4.58. The SMILES string of the molecule is COc1ccc(CN(C)C(=O)c2cc(C3CC3)n(C(C)(C)C)n2)cc1. The van der Waals surface area contributed by atoms with Gasteiger partial charge < -0.3 is 9.64 Å². The predicted octanol–water partition coefficient (Wildman–Crippen LogP) is 3.80. The second-order valence-corrected chi connectivity index (χ2v) is 7.82. The van der Waals surface area contributed by atoms with Crippen molar-refractivity contribution in [1.29, 1.82) is 0 Å². The highest BCUT2D eigenvalue weighted by molar-refractivity contribution is 5.92. The number of ether oxygens (including phenoxy) is 1. The Hall–Kier alpha value is -2.30. The molecule has 1 heterocycles. The number of carbonyl (C=O) groups excluding carboxylic acids is 1. The van der Waals surface area contributed by atoms with Gasteiger partial charge in [-0.15, -0.1) is 0 Å². The number of nitrogens with zero attached hydrogens (tertiary/aromatic N) is 3. The summed E-state index contributed by atoms with van der Waals surface area (Å²) in [4.78, 5) is 14.5. The van der Waals surface area contributed by atoms with Crippen molar-refractivity contribution in [2.75, 3.05) is 14.2 Å². The average Bonchev–Trinajstić information content (AvgIpc) is 3.31. The van der Waals surface area contributed by atoms with Crippen molar-refractivity contribution in [1.82, 2.24) is 14.7 Å². The predicted molar refractivity (Wildman–Crippen MR) is 98.0 cm³/mol. The molecule has 0 N–H and O–H groups in total. The van der Waals surface area contributed by atoms with E-state index in [-0.39, 0.29) is 11.4 Å². The van der Waals surface area contributed by atoms with E-state index in [0.717, 1.165) is 11.3 Å². The van der Waals surface area contributed by atoms with Gasteiger partial charge in [0.05, 0.1) is 12.6 Å². The van der Waals surface area contributed by atoms with Crippen LogP contribution in [0.5, 0.6) is 5.75 Å². The number of rotatable bonds is 5. The lowest BCUT2D eigenvalue weighted by molar-refractivity contribution is 0.0777. The minimum atomic E-state index is -0.120. The monoisotopic (exact) mass is 341 g/mol. The van der Waals surface area contributed by atoms with Crippen LogP contribution in [0.1, 0.15) is 61.3 Å². The number of benzene rings is 1. The largest absolute Gasteiger partial charge is 0.497 e. The highest BCUT2D eigenvalue weighted by Gasteiger charge is 2.33. The van der Waals surface area contributed by atoms with E-state index in [9.17, 15) is 4.79 Å². The summed E-state index contributed by atoms with van der Waals surface area (Å²) < 4.78 is 7.20. The Labute approximate surface area is 149 Å². The fourth-order valence-corrected chi connectivity index (χ4v) is 2.98. The summed E-state index contributed by atoms with van der Waals surface area (Å²) >= 11 is 0. The molecule has 134 valence electrons. The Balaban J connectivity index is 1.77. The standard InChI is InChI=1S/C20H27N3O2/c1-20(2,3)23-18(15-8-9-15)12-17(21-23)19(24)22(4)13-14-6-10-16(25-5)11-7-14/h6-7,10-12,15H,8-9,13H2,1-5H3. The van der Waals surface area contributed by atoms with E-state index in [1.807, 2.05) is 42.1 Å². The van der Waals surface area contributed by atoms with Crippen LogP contribution in [0.25, 0.3) is 0 Å². The topological polar surface area (TPSA) is 47.4 Å². The van der Waals surface area contributed by atoms with Crippen LogP contribution in [0.4, 0.5) is 0 Å². The first kappa shape index (κ1) is 17.5. The molecule has 0 spiro atoms. The molecule has 0 unspecified atom stereocenters. The lowest BCUT2D eigenvalue weighted by Gasteiger charge is -2.22. The molecule has 0 saturated heterocycles. The van der Waals surface area contributed by atoms with Crippen LogP contribution < -0.4 is 4.74 Å². The van der Waals surface area contributed by atoms with Crippen molar-refractivity contribution >= 4 is 5.91 Å². The maximum absolute atomic E-state index is 12.8. The summed E-state index contributed by atoms with van der Waals surface area (Å²) in [5.41, 5.74) is 2.67. The minimum Gasteiger partial charge on any atom is -0.497 e. The molecule has 0 atom stereocenters. The molecule has 5 heteroatoms. The Morgan fingerprint density at radius 3 is 2.44 bits per heavy atom. The van der Waals surface area contributed by atoms with Crippen LogP contribution in [0, 0.1) is 0 Å². The van der Waals surface area contributed by atoms with E-state index in [2.05, 4.69) is 25.9 Å². The molecule has 0 bridgehead atoms. The summed E-state index contributed by atoms with van der Waals surface area (Å²) in [5.74, 6) is 1.33. The van der Waals surface area contributed by atoms with Gasteiger partial charge in [0.25, 0.3) is 5.91 Å². The van der Waals surface area contributed by atoms with Crippen LogP contribution >= 0.6 is 0 Å². The average molecular weight is 341 g/mol. The van der Waals surface area contributed by atoms with Crippen LogP contribution in [-0.2, 0) is 12.1 Å². The van der Waals surface area contributed by atoms with Crippen LogP contribution in [0.2, 0.25) is 0 Å². The molecule has 1 aromatic heterocycles. The fraction of sp³-hybridized carbons (Fsp3) is 0.500. The molecule has 1 saturated carbocycles. The summed E-state index contributed by atoms with van der Waals surface area (Å²) in [7, 11) is 3.47. The summed E-state index contributed by atoms with van der Waals surface area (Å²) in [5, 5.41) is 4.64. The van der Waals surface area contributed by atoms with Gasteiger partial charge in [-0.25, -0.2) is 0 Å². The molecular weight excluding hydrogens is 314 g/mol. The zero-order chi connectivity index (χ0) is 18.2. The highest BCUT2D eigenvalue weighted by atomic mass is 16.5. The first-order chi connectivity index (χ1) is 11.8. The second kappa shape index (κ2) is 6.54. The van der Waals surface area contributed by atoms with Crippen molar-refractivity contribution in [2.24, 2.45) is 0 Å². The van der Waals surface area contributed by atoms with E-state index in [0.29, 0.717) is 18.2 Å². The molecule has 25 heavy (non-hydrogen) atoms. The van der Waals surface area contributed by atoms with Gasteiger partial charge in [-0.05, 0) is 57.4 Å². The zero-order valence-electron chi connectivity index (χ0n) is 15.7. The number of hydrogen-bond acceptors (Lipinski definition) is 3. The van der Waals surface area contributed by atoms with Gasteiger partial charge in [-0.2, -0.15) is 5.10 Å². The molecule has 1 aliphatic rings. The zero-order valence-corrected chi connectivity index (χ0v) is 15.7. The van der Waals surface area contributed by atoms with Gasteiger partial charge >= 0.3 is 0 Å². The quantitative estimate of drug-likeness (QED) is 0.831. The van der Waals surface area contributed by atoms with Crippen molar-refractivity contribution in [3.05, 3.63) is 47.3 Å². The molecule has 2 aromatic rings. The second-order valence-electron chi connectivity index (χ2n) is 7.82. The Morgan fingerprint density at radius 1 is 1.28 bits per heavy atom. The summed E-state index contributed by atoms with van der Waals surface area (Å²) in [6, 6.07) is 9.76. The molecule has 1 aliphatic carbocycles. The van der Waals surface area contributed by atoms with Gasteiger partial charge in [0.2, 0.25) is 0 Å². The molecule has 0 aliphatic heterocycles. The van der Waals surface area contributed by atoms with Crippen LogP contribution in [-0.4, -0.2) is 34.7 Å². The molecule has 1 fully saturated rings. The lowest BCUT2D eigenvalue weighted by Crippen LogP contribution is -2.28. The molecule has 0 radical (unpaired) electrons. The number of amides is 1. The normalized spacial score (nSPS) is 14.4. The van der Waals surface area contributed by atoms with Gasteiger partial charge in [0.15, 0.2) is 5.69 Å². The third-order valence-electron chi connectivity index (χ3n) is 4.51. The number of aromatic nitrogens is 2. The van der Waals surface area contributed by atoms with Gasteiger partial charge in [0, 0.05) is 25.2 Å². The van der Waals surface area contributed by atoms with Gasteiger partial charge in [-0.3, -0.25) is 9.48 Å². The fourth-order valence-electron chi connectivity index (χ4n) is 2.98. The van der Waals surface area contributed by atoms with E-state index < -0.39 is 0 Å². The van der Waals surface area contributed by atoms with E-state index >= 15 is 0 Å². The first-order valence-corrected chi connectivity index (χ1v) is 8.78. The Morgan fingerprint density at radius 2 is 1.92 bits per heavy atom. The van der Waals surface area contributed by atoms with Crippen LogP contribution in [0.15, 0.2) is 30.3 Å². The third-order valence-corrected chi connectivity index (χ3v) is 4.51. The minimum absolute atomic E-state index is 0.0410. The van der Waals surface area contributed by atoms with E-state index in [1.165, 1.54) is 18.5 Å². The maximum atomic E-state index is 12.8. The number of methoxy groups -OCH3 is 1. The Bertz CT molecular complexity index is 752. The number of hydrogen-bond donors (Lipinski definition) is 0. The first-order valence-electron chi connectivity index (χ1n) is 8.78. The van der Waals surface area contributed by atoms with Crippen LogP contribution in [0.3, 0.4) is 0 Å².